The third-order valence-corrected chi connectivity index (χ3v) is 5.73. The number of hydrogen-bond donors (Lipinski definition) is 1. The number of fused-ring (bicyclic) bond motifs is 1. The number of nitrogens with zero attached hydrogens (tertiary/aromatic N) is 4. The van der Waals surface area contributed by atoms with Crippen LogP contribution in [-0.4, -0.2) is 40.8 Å². The molecule has 1 fully saturated rings. The first-order valence-electron chi connectivity index (χ1n) is 8.39. The first-order valence-corrected chi connectivity index (χ1v) is 9.21. The standard InChI is InChI=1S/C17H18F3N5S/c1-24(13-5-7-21-8-6-13)16-23-25-14(10-22-15(25)26-16)11-3-2-4-12(9-11)17(18,19)20/h2-4,9-10,13,21H,5-8H2,1H3. The second-order valence-corrected chi connectivity index (χ2v) is 7.33. The highest BCUT2D eigenvalue weighted by atomic mass is 32.1. The Morgan fingerprint density at radius 3 is 2.77 bits per heavy atom. The summed E-state index contributed by atoms with van der Waals surface area (Å²) in [5.41, 5.74) is 0.341. The Kier molecular flexibility index (Phi) is 4.36. The van der Waals surface area contributed by atoms with E-state index in [1.165, 1.54) is 17.4 Å². The topological polar surface area (TPSA) is 45.5 Å². The Morgan fingerprint density at radius 2 is 2.04 bits per heavy atom. The molecule has 0 bridgehead atoms. The van der Waals surface area contributed by atoms with Gasteiger partial charge in [-0.3, -0.25) is 0 Å². The van der Waals surface area contributed by atoms with Crippen LogP contribution in [0.3, 0.4) is 0 Å². The van der Waals surface area contributed by atoms with Crippen molar-refractivity contribution in [1.82, 2.24) is 19.9 Å². The number of anilines is 1. The summed E-state index contributed by atoms with van der Waals surface area (Å²) in [7, 11) is 2.01. The summed E-state index contributed by atoms with van der Waals surface area (Å²) >= 11 is 1.45. The summed E-state index contributed by atoms with van der Waals surface area (Å²) in [6.45, 7) is 1.96. The number of alkyl halides is 3. The summed E-state index contributed by atoms with van der Waals surface area (Å²) in [6, 6.07) is 5.67. The quantitative estimate of drug-likeness (QED) is 0.752. The minimum absolute atomic E-state index is 0.407. The van der Waals surface area contributed by atoms with Crippen LogP contribution >= 0.6 is 11.3 Å². The molecule has 1 aromatic carbocycles. The molecular weight excluding hydrogens is 363 g/mol. The normalized spacial score (nSPS) is 16.3. The maximum absolute atomic E-state index is 13.0. The first kappa shape index (κ1) is 17.3. The Balaban J connectivity index is 1.68. The number of rotatable bonds is 3. The van der Waals surface area contributed by atoms with Crippen molar-refractivity contribution in [3.63, 3.8) is 0 Å². The molecule has 4 rings (SSSR count). The van der Waals surface area contributed by atoms with Crippen LogP contribution in [0.15, 0.2) is 30.5 Å². The zero-order chi connectivity index (χ0) is 18.3. The van der Waals surface area contributed by atoms with E-state index in [2.05, 4.69) is 20.3 Å². The Hall–Kier alpha value is -2.13. The number of benzene rings is 1. The average molecular weight is 381 g/mol. The molecular formula is C17H18F3N5S. The van der Waals surface area contributed by atoms with E-state index in [0.29, 0.717) is 22.3 Å². The van der Waals surface area contributed by atoms with Gasteiger partial charge < -0.3 is 10.2 Å². The van der Waals surface area contributed by atoms with Gasteiger partial charge in [-0.2, -0.15) is 13.2 Å². The van der Waals surface area contributed by atoms with Crippen LogP contribution in [0.25, 0.3) is 16.2 Å². The number of nitrogens with one attached hydrogen (secondary N) is 1. The minimum Gasteiger partial charge on any atom is -0.347 e. The van der Waals surface area contributed by atoms with Crippen molar-refractivity contribution in [2.75, 3.05) is 25.0 Å². The van der Waals surface area contributed by atoms with Gasteiger partial charge in [0.2, 0.25) is 10.1 Å². The molecule has 5 nitrogen and oxygen atoms in total. The molecule has 1 aliphatic rings. The van der Waals surface area contributed by atoms with E-state index < -0.39 is 11.7 Å². The lowest BCUT2D eigenvalue weighted by Crippen LogP contribution is -2.41. The number of imidazole rings is 1. The van der Waals surface area contributed by atoms with Crippen LogP contribution < -0.4 is 10.2 Å². The van der Waals surface area contributed by atoms with Crippen molar-refractivity contribution in [3.8, 4) is 11.3 Å². The zero-order valence-corrected chi connectivity index (χ0v) is 14.9. The molecule has 0 aliphatic carbocycles. The molecule has 0 spiro atoms. The molecule has 2 aromatic heterocycles. The fourth-order valence-electron chi connectivity index (χ4n) is 3.23. The van der Waals surface area contributed by atoms with Crippen LogP contribution in [0.1, 0.15) is 18.4 Å². The van der Waals surface area contributed by atoms with Crippen LogP contribution in [0, 0.1) is 0 Å². The summed E-state index contributed by atoms with van der Waals surface area (Å²) in [5.74, 6) is 0. The molecule has 138 valence electrons. The van der Waals surface area contributed by atoms with Crippen LogP contribution in [-0.2, 0) is 6.18 Å². The first-order chi connectivity index (χ1) is 12.4. The maximum Gasteiger partial charge on any atom is 0.416 e. The van der Waals surface area contributed by atoms with Crippen molar-refractivity contribution in [3.05, 3.63) is 36.0 Å². The van der Waals surface area contributed by atoms with E-state index in [0.717, 1.165) is 43.2 Å². The fraction of sp³-hybridized carbons (Fsp3) is 0.412. The molecule has 0 unspecified atom stereocenters. The third-order valence-electron chi connectivity index (χ3n) is 4.72. The molecule has 3 aromatic rings. The molecule has 0 saturated carbocycles. The Bertz CT molecular complexity index is 911. The predicted molar refractivity (Wildman–Crippen MR) is 95.6 cm³/mol. The lowest BCUT2D eigenvalue weighted by Gasteiger charge is -2.30. The van der Waals surface area contributed by atoms with Crippen molar-refractivity contribution in [2.45, 2.75) is 25.1 Å². The molecule has 0 atom stereocenters. The van der Waals surface area contributed by atoms with Gasteiger partial charge in [-0.25, -0.2) is 9.50 Å². The van der Waals surface area contributed by atoms with Gasteiger partial charge in [0.25, 0.3) is 0 Å². The van der Waals surface area contributed by atoms with Crippen molar-refractivity contribution in [2.24, 2.45) is 0 Å². The number of aromatic nitrogens is 3. The SMILES string of the molecule is CN(c1nn2c(-c3cccc(C(F)(F)F)c3)cnc2s1)C1CCNCC1. The highest BCUT2D eigenvalue weighted by molar-refractivity contribution is 7.20. The lowest BCUT2D eigenvalue weighted by atomic mass is 10.1. The summed E-state index contributed by atoms with van der Waals surface area (Å²) < 4.78 is 40.6. The van der Waals surface area contributed by atoms with Gasteiger partial charge in [0, 0.05) is 18.7 Å². The average Bonchev–Trinajstić information content (AvgIpc) is 3.22. The smallest absolute Gasteiger partial charge is 0.347 e. The number of hydrogen-bond acceptors (Lipinski definition) is 5. The van der Waals surface area contributed by atoms with E-state index in [4.69, 9.17) is 0 Å². The van der Waals surface area contributed by atoms with E-state index in [9.17, 15) is 13.2 Å². The van der Waals surface area contributed by atoms with Crippen LogP contribution in [0.4, 0.5) is 18.3 Å². The largest absolute Gasteiger partial charge is 0.416 e. The molecule has 9 heteroatoms. The molecule has 1 saturated heterocycles. The lowest BCUT2D eigenvalue weighted by molar-refractivity contribution is -0.137. The van der Waals surface area contributed by atoms with E-state index in [1.807, 2.05) is 7.05 Å². The Labute approximate surface area is 152 Å². The maximum atomic E-state index is 13.0. The minimum atomic E-state index is -4.37. The molecule has 26 heavy (non-hydrogen) atoms. The number of halogens is 3. The van der Waals surface area contributed by atoms with Crippen LogP contribution in [0.2, 0.25) is 0 Å². The zero-order valence-electron chi connectivity index (χ0n) is 14.1. The van der Waals surface area contributed by atoms with Gasteiger partial charge in [-0.1, -0.05) is 23.5 Å². The van der Waals surface area contributed by atoms with E-state index in [1.54, 1.807) is 16.8 Å². The highest BCUT2D eigenvalue weighted by Gasteiger charge is 2.31. The van der Waals surface area contributed by atoms with Gasteiger partial charge in [0.1, 0.15) is 0 Å². The van der Waals surface area contributed by atoms with Gasteiger partial charge >= 0.3 is 6.18 Å². The molecule has 3 heterocycles. The second kappa shape index (κ2) is 6.55. The van der Waals surface area contributed by atoms with Crippen molar-refractivity contribution < 1.29 is 13.2 Å². The summed E-state index contributed by atoms with van der Waals surface area (Å²) in [5, 5.41) is 8.78. The van der Waals surface area contributed by atoms with Crippen molar-refractivity contribution >= 4 is 21.4 Å². The number of piperidine rings is 1. The summed E-state index contributed by atoms with van der Waals surface area (Å²) in [6.07, 6.45) is -0.720. The third kappa shape index (κ3) is 3.16. The molecule has 1 N–H and O–H groups in total. The second-order valence-electron chi connectivity index (χ2n) is 6.39. The van der Waals surface area contributed by atoms with Gasteiger partial charge in [-0.05, 0) is 38.1 Å². The van der Waals surface area contributed by atoms with Crippen molar-refractivity contribution in [1.29, 1.82) is 0 Å². The monoisotopic (exact) mass is 381 g/mol. The predicted octanol–water partition coefficient (Wildman–Crippen LogP) is 3.66. The van der Waals surface area contributed by atoms with Gasteiger partial charge in [0.15, 0.2) is 0 Å². The van der Waals surface area contributed by atoms with Gasteiger partial charge in [0.05, 0.1) is 17.5 Å². The van der Waals surface area contributed by atoms with Gasteiger partial charge in [-0.15, -0.1) is 5.10 Å². The molecule has 1 aliphatic heterocycles. The van der Waals surface area contributed by atoms with E-state index >= 15 is 0 Å². The molecule has 0 amide bonds. The highest BCUT2D eigenvalue weighted by Crippen LogP contribution is 2.34. The van der Waals surface area contributed by atoms with E-state index in [-0.39, 0.29) is 0 Å². The van der Waals surface area contributed by atoms with Crippen LogP contribution in [0.5, 0.6) is 0 Å². The molecule has 0 radical (unpaired) electrons. The summed E-state index contributed by atoms with van der Waals surface area (Å²) in [4.78, 5) is 7.16. The Morgan fingerprint density at radius 1 is 1.27 bits per heavy atom. The fourth-order valence-corrected chi connectivity index (χ4v) is 4.14.